The number of rotatable bonds is 6. The first-order valence-corrected chi connectivity index (χ1v) is 11.5. The van der Waals surface area contributed by atoms with Crippen LogP contribution in [0.2, 0.25) is 0 Å². The van der Waals surface area contributed by atoms with Crippen LogP contribution in [-0.2, 0) is 16.6 Å². The number of benzene rings is 2. The van der Waals surface area contributed by atoms with E-state index in [1.165, 1.54) is 36.7 Å². The molecular formula is C22H19N5O6S. The number of sulfonamides is 1. The number of aryl methyl sites for hydroxylation is 1. The minimum Gasteiger partial charge on any atom is -0.318 e. The molecule has 2 N–H and O–H groups in total. The van der Waals surface area contributed by atoms with Crippen LogP contribution < -0.4 is 10.7 Å². The summed E-state index contributed by atoms with van der Waals surface area (Å²) >= 11 is 0. The van der Waals surface area contributed by atoms with Crippen LogP contribution in [-0.4, -0.2) is 33.2 Å². The monoisotopic (exact) mass is 481 g/mol. The Kier molecular flexibility index (Phi) is 5.63. The van der Waals surface area contributed by atoms with Gasteiger partial charge in [-0.05, 0) is 50.2 Å². The lowest BCUT2D eigenvalue weighted by atomic mass is 10.1. The minimum absolute atomic E-state index is 0.0245. The highest BCUT2D eigenvalue weighted by atomic mass is 32.2. The van der Waals surface area contributed by atoms with Crippen molar-refractivity contribution in [3.8, 4) is 5.69 Å². The third kappa shape index (κ3) is 4.11. The molecule has 0 aliphatic carbocycles. The van der Waals surface area contributed by atoms with Crippen molar-refractivity contribution in [3.63, 3.8) is 0 Å². The van der Waals surface area contributed by atoms with Gasteiger partial charge in [-0.2, -0.15) is 0 Å². The average molecular weight is 481 g/mol. The maximum Gasteiger partial charge on any atom is 0.271 e. The SMILES string of the molecule is Cc1cc(C(=O)Cn2cnc3cc([N+](=O)[O-])ccc3c2=O)c(C)n1-c1ccc(S(N)(=O)=O)cc1. The number of Topliss-reactive ketones (excluding diaryl/α,β-unsaturated/α-hetero) is 1. The second-order valence-corrected chi connectivity index (χ2v) is 9.28. The molecule has 12 heteroatoms. The first kappa shape index (κ1) is 23.0. The number of nitro groups is 1. The predicted molar refractivity (Wildman–Crippen MR) is 124 cm³/mol. The van der Waals surface area contributed by atoms with E-state index in [1.807, 2.05) is 0 Å². The number of primary sulfonamides is 1. The Morgan fingerprint density at radius 2 is 1.79 bits per heavy atom. The van der Waals surface area contributed by atoms with Gasteiger partial charge in [0.1, 0.15) is 0 Å². The lowest BCUT2D eigenvalue weighted by Crippen LogP contribution is -2.25. The summed E-state index contributed by atoms with van der Waals surface area (Å²) in [4.78, 5) is 40.3. The van der Waals surface area contributed by atoms with Crippen molar-refractivity contribution >= 4 is 32.4 Å². The zero-order valence-corrected chi connectivity index (χ0v) is 18.9. The third-order valence-corrected chi connectivity index (χ3v) is 6.42. The van der Waals surface area contributed by atoms with Crippen LogP contribution >= 0.6 is 0 Å². The molecule has 0 saturated carbocycles. The number of nitrogens with zero attached hydrogens (tertiary/aromatic N) is 4. The number of aromatic nitrogens is 3. The highest BCUT2D eigenvalue weighted by Gasteiger charge is 2.19. The van der Waals surface area contributed by atoms with Gasteiger partial charge in [-0.3, -0.25) is 24.3 Å². The van der Waals surface area contributed by atoms with Crippen LogP contribution in [0.1, 0.15) is 21.7 Å². The van der Waals surface area contributed by atoms with Crippen molar-refractivity contribution in [3.05, 3.63) is 92.3 Å². The van der Waals surface area contributed by atoms with Gasteiger partial charge >= 0.3 is 0 Å². The van der Waals surface area contributed by atoms with Gasteiger partial charge in [0.25, 0.3) is 11.2 Å². The highest BCUT2D eigenvalue weighted by molar-refractivity contribution is 7.89. The number of ketones is 1. The second kappa shape index (κ2) is 8.32. The Bertz CT molecular complexity index is 1640. The van der Waals surface area contributed by atoms with E-state index >= 15 is 0 Å². The molecule has 0 amide bonds. The standard InChI is InChI=1S/C22H19N5O6S/c1-13-9-19(14(2)26(13)15-3-6-17(7-4-15)34(23,32)33)21(28)11-25-12-24-20-10-16(27(30)31)5-8-18(20)22(25)29/h3-10,12H,11H2,1-2H3,(H2,23,32,33). The van der Waals surface area contributed by atoms with Crippen LogP contribution in [0.4, 0.5) is 5.69 Å². The smallest absolute Gasteiger partial charge is 0.271 e. The molecule has 2 aromatic heterocycles. The molecule has 0 aliphatic heterocycles. The van der Waals surface area contributed by atoms with E-state index in [1.54, 1.807) is 36.6 Å². The maximum atomic E-state index is 13.1. The van der Waals surface area contributed by atoms with E-state index in [0.29, 0.717) is 16.9 Å². The summed E-state index contributed by atoms with van der Waals surface area (Å²) in [6.07, 6.45) is 1.19. The summed E-state index contributed by atoms with van der Waals surface area (Å²) < 4.78 is 26.0. The predicted octanol–water partition coefficient (Wildman–Crippen LogP) is 2.24. The number of nitrogens with two attached hydrogens (primary N) is 1. The van der Waals surface area contributed by atoms with Crippen molar-refractivity contribution in [1.82, 2.24) is 14.1 Å². The summed E-state index contributed by atoms with van der Waals surface area (Å²) in [6.45, 7) is 3.27. The van der Waals surface area contributed by atoms with Crippen molar-refractivity contribution < 1.29 is 18.1 Å². The highest BCUT2D eigenvalue weighted by Crippen LogP contribution is 2.23. The fourth-order valence-electron chi connectivity index (χ4n) is 3.84. The molecule has 0 spiro atoms. The minimum atomic E-state index is -3.83. The van der Waals surface area contributed by atoms with Crippen LogP contribution in [0.25, 0.3) is 16.6 Å². The fourth-order valence-corrected chi connectivity index (χ4v) is 4.36. The van der Waals surface area contributed by atoms with Crippen LogP contribution in [0.3, 0.4) is 0 Å². The largest absolute Gasteiger partial charge is 0.318 e. The Hall–Kier alpha value is -4.16. The maximum absolute atomic E-state index is 13.1. The molecule has 0 fully saturated rings. The Morgan fingerprint density at radius 3 is 2.41 bits per heavy atom. The molecule has 0 bridgehead atoms. The summed E-state index contributed by atoms with van der Waals surface area (Å²) in [5, 5.41) is 16.3. The Morgan fingerprint density at radius 1 is 1.12 bits per heavy atom. The van der Waals surface area contributed by atoms with Crippen molar-refractivity contribution in [2.24, 2.45) is 5.14 Å². The van der Waals surface area contributed by atoms with Crippen LogP contribution in [0.15, 0.2) is 64.5 Å². The van der Waals surface area contributed by atoms with Gasteiger partial charge in [0.2, 0.25) is 10.0 Å². The number of nitro benzene ring substituents is 1. The van der Waals surface area contributed by atoms with E-state index in [2.05, 4.69) is 4.98 Å². The lowest BCUT2D eigenvalue weighted by Gasteiger charge is -2.11. The molecule has 4 rings (SSSR count). The lowest BCUT2D eigenvalue weighted by molar-refractivity contribution is -0.384. The zero-order chi connectivity index (χ0) is 24.8. The average Bonchev–Trinajstić information content (AvgIpc) is 3.08. The molecule has 11 nitrogen and oxygen atoms in total. The summed E-state index contributed by atoms with van der Waals surface area (Å²) in [6, 6.07) is 11.4. The molecule has 2 heterocycles. The van der Waals surface area contributed by atoms with Gasteiger partial charge in [0.05, 0.1) is 33.6 Å². The number of fused-ring (bicyclic) bond motifs is 1. The quantitative estimate of drug-likeness (QED) is 0.251. The van der Waals surface area contributed by atoms with E-state index in [0.717, 1.165) is 10.3 Å². The molecule has 0 atom stereocenters. The number of non-ortho nitro benzene ring substituents is 1. The first-order valence-electron chi connectivity index (χ1n) is 9.96. The van der Waals surface area contributed by atoms with Gasteiger partial charge in [0.15, 0.2) is 5.78 Å². The molecule has 174 valence electrons. The number of hydrogen-bond acceptors (Lipinski definition) is 7. The normalized spacial score (nSPS) is 11.6. The summed E-state index contributed by atoms with van der Waals surface area (Å²) in [7, 11) is -3.83. The first-order chi connectivity index (χ1) is 16.0. The molecule has 0 unspecified atom stereocenters. The molecule has 0 aliphatic rings. The second-order valence-electron chi connectivity index (χ2n) is 7.72. The van der Waals surface area contributed by atoms with Gasteiger partial charge in [-0.1, -0.05) is 0 Å². The molecule has 0 saturated heterocycles. The van der Waals surface area contributed by atoms with Gasteiger partial charge in [-0.25, -0.2) is 18.5 Å². The number of hydrogen-bond donors (Lipinski definition) is 1. The van der Waals surface area contributed by atoms with Crippen molar-refractivity contribution in [2.45, 2.75) is 25.3 Å². The van der Waals surface area contributed by atoms with Crippen LogP contribution in [0.5, 0.6) is 0 Å². The van der Waals surface area contributed by atoms with E-state index in [9.17, 15) is 28.1 Å². The molecular weight excluding hydrogens is 462 g/mol. The number of carbonyl (C=O) groups is 1. The topological polar surface area (TPSA) is 160 Å². The molecule has 2 aromatic carbocycles. The Balaban J connectivity index is 1.66. The van der Waals surface area contributed by atoms with Gasteiger partial charge < -0.3 is 4.57 Å². The Labute approximate surface area is 193 Å². The third-order valence-electron chi connectivity index (χ3n) is 5.49. The van der Waals surface area contributed by atoms with Crippen LogP contribution in [0, 0.1) is 24.0 Å². The van der Waals surface area contributed by atoms with Crippen molar-refractivity contribution in [2.75, 3.05) is 0 Å². The van der Waals surface area contributed by atoms with Gasteiger partial charge in [0, 0.05) is 34.8 Å². The van der Waals surface area contributed by atoms with E-state index in [-0.39, 0.29) is 33.8 Å². The fraction of sp³-hybridized carbons (Fsp3) is 0.136. The van der Waals surface area contributed by atoms with E-state index in [4.69, 9.17) is 5.14 Å². The van der Waals surface area contributed by atoms with Gasteiger partial charge in [-0.15, -0.1) is 0 Å². The molecule has 0 radical (unpaired) electrons. The molecule has 4 aromatic rings. The van der Waals surface area contributed by atoms with E-state index < -0.39 is 20.5 Å². The molecule has 34 heavy (non-hydrogen) atoms. The summed E-state index contributed by atoms with van der Waals surface area (Å²) in [5.41, 5.74) is 1.89. The van der Waals surface area contributed by atoms with Crippen molar-refractivity contribution in [1.29, 1.82) is 0 Å². The summed E-state index contributed by atoms with van der Waals surface area (Å²) in [5.74, 6) is -0.328. The zero-order valence-electron chi connectivity index (χ0n) is 18.1. The number of carbonyl (C=O) groups excluding carboxylic acids is 1.